The molecule has 0 saturated carbocycles. The lowest BCUT2D eigenvalue weighted by Gasteiger charge is -2.21. The predicted molar refractivity (Wildman–Crippen MR) is 131 cm³/mol. The Balaban J connectivity index is 1.72. The van der Waals surface area contributed by atoms with Crippen LogP contribution >= 0.6 is 23.1 Å². The van der Waals surface area contributed by atoms with Gasteiger partial charge in [-0.25, -0.2) is 4.98 Å². The molecule has 0 saturated heterocycles. The van der Waals surface area contributed by atoms with Gasteiger partial charge in [-0.3, -0.25) is 14.2 Å². The van der Waals surface area contributed by atoms with E-state index in [2.05, 4.69) is 0 Å². The van der Waals surface area contributed by atoms with Crippen molar-refractivity contribution in [2.75, 3.05) is 14.1 Å². The molecule has 1 unspecified atom stereocenters. The number of amides is 1. The van der Waals surface area contributed by atoms with Crippen LogP contribution in [0.25, 0.3) is 15.9 Å². The zero-order valence-electron chi connectivity index (χ0n) is 17.9. The maximum atomic E-state index is 13.8. The van der Waals surface area contributed by atoms with E-state index in [1.54, 1.807) is 34.9 Å². The fraction of sp³-hybridized carbons (Fsp3) is 0.240. The fourth-order valence-corrected chi connectivity index (χ4v) is 6.70. The summed E-state index contributed by atoms with van der Waals surface area (Å²) in [5.41, 5.74) is 2.76. The Morgan fingerprint density at radius 3 is 2.44 bits per heavy atom. The van der Waals surface area contributed by atoms with Crippen LogP contribution in [0.5, 0.6) is 0 Å². The van der Waals surface area contributed by atoms with Crippen LogP contribution in [0.3, 0.4) is 0 Å². The van der Waals surface area contributed by atoms with Crippen LogP contribution in [0.4, 0.5) is 0 Å². The molecule has 0 aliphatic heterocycles. The highest BCUT2D eigenvalue weighted by molar-refractivity contribution is 8.00. The number of para-hydroxylation sites is 1. The first kappa shape index (κ1) is 21.0. The summed E-state index contributed by atoms with van der Waals surface area (Å²) in [5.74, 6) is -0.0381. The zero-order valence-corrected chi connectivity index (χ0v) is 19.6. The summed E-state index contributed by atoms with van der Waals surface area (Å²) in [7, 11) is 3.51. The number of hydrogen-bond donors (Lipinski definition) is 0. The highest BCUT2D eigenvalue weighted by Gasteiger charge is 2.29. The minimum absolute atomic E-state index is 0.0381. The molecule has 2 aromatic heterocycles. The topological polar surface area (TPSA) is 55.2 Å². The van der Waals surface area contributed by atoms with E-state index >= 15 is 0 Å². The fourth-order valence-electron chi connectivity index (χ4n) is 4.14. The summed E-state index contributed by atoms with van der Waals surface area (Å²) in [4.78, 5) is 35.6. The van der Waals surface area contributed by atoms with Crippen molar-refractivity contribution in [3.63, 3.8) is 0 Å². The third-order valence-corrected chi connectivity index (χ3v) is 8.09. The van der Waals surface area contributed by atoms with Gasteiger partial charge in [0.1, 0.15) is 10.1 Å². The van der Waals surface area contributed by atoms with Gasteiger partial charge in [-0.2, -0.15) is 0 Å². The molecule has 0 radical (unpaired) electrons. The van der Waals surface area contributed by atoms with Crippen molar-refractivity contribution in [3.05, 3.63) is 87.0 Å². The van der Waals surface area contributed by atoms with E-state index in [1.807, 2.05) is 60.7 Å². The molecule has 0 bridgehead atoms. The van der Waals surface area contributed by atoms with Crippen molar-refractivity contribution in [1.29, 1.82) is 0 Å². The number of rotatable bonds is 5. The lowest BCUT2D eigenvalue weighted by atomic mass is 10.1. The molecule has 5 nitrogen and oxygen atoms in total. The lowest BCUT2D eigenvalue weighted by molar-refractivity contribution is -0.128. The number of aromatic nitrogens is 2. The van der Waals surface area contributed by atoms with Gasteiger partial charge in [-0.1, -0.05) is 60.3 Å². The number of carbonyl (C=O) groups excluding carboxylic acids is 1. The molecule has 1 amide bonds. The van der Waals surface area contributed by atoms with E-state index in [9.17, 15) is 9.59 Å². The Morgan fingerprint density at radius 1 is 1.06 bits per heavy atom. The van der Waals surface area contributed by atoms with Crippen LogP contribution in [0.2, 0.25) is 0 Å². The maximum Gasteiger partial charge on any atom is 0.267 e. The number of thioether (sulfide) groups is 1. The normalized spacial score (nSPS) is 13.8. The number of fused-ring (bicyclic) bond motifs is 3. The second-order valence-corrected chi connectivity index (χ2v) is 10.2. The number of nitrogens with zero attached hydrogens (tertiary/aromatic N) is 3. The summed E-state index contributed by atoms with van der Waals surface area (Å²) in [5, 5.41) is 0.779. The van der Waals surface area contributed by atoms with Crippen LogP contribution in [-0.4, -0.2) is 34.5 Å². The van der Waals surface area contributed by atoms with Gasteiger partial charge in [0.15, 0.2) is 5.16 Å². The SMILES string of the molecule is CN(C)C(=O)C(Sc1nc2sc3c(c2c(=O)n1-c1ccccc1)CCC3)c1ccccc1. The standard InChI is InChI=1S/C25H23N3O2S2/c1-27(2)24(30)21(16-10-5-3-6-11-16)32-25-26-22-20(18-14-9-15-19(18)31-22)23(29)28(25)17-12-7-4-8-13-17/h3-8,10-13,21H,9,14-15H2,1-2H3. The molecular formula is C25H23N3O2S2. The van der Waals surface area contributed by atoms with Gasteiger partial charge in [0, 0.05) is 19.0 Å². The zero-order chi connectivity index (χ0) is 22.2. The maximum absolute atomic E-state index is 13.8. The van der Waals surface area contributed by atoms with E-state index in [-0.39, 0.29) is 11.5 Å². The van der Waals surface area contributed by atoms with Crippen LogP contribution in [0.15, 0.2) is 70.6 Å². The first-order chi connectivity index (χ1) is 15.5. The smallest absolute Gasteiger partial charge is 0.267 e. The molecule has 0 spiro atoms. The van der Waals surface area contributed by atoms with E-state index in [0.717, 1.165) is 46.3 Å². The molecule has 2 aromatic carbocycles. The first-order valence-electron chi connectivity index (χ1n) is 10.6. The van der Waals surface area contributed by atoms with Gasteiger partial charge >= 0.3 is 0 Å². The second kappa shape index (κ2) is 8.56. The van der Waals surface area contributed by atoms with Gasteiger partial charge < -0.3 is 4.90 Å². The molecule has 7 heteroatoms. The monoisotopic (exact) mass is 461 g/mol. The number of carbonyl (C=O) groups is 1. The number of likely N-dealkylation sites (N-methyl/N-ethyl adjacent to an activating group) is 1. The van der Waals surface area contributed by atoms with Gasteiger partial charge in [0.2, 0.25) is 5.91 Å². The molecule has 4 aromatic rings. The third-order valence-electron chi connectivity index (χ3n) is 5.71. The Labute approximate surface area is 194 Å². The quantitative estimate of drug-likeness (QED) is 0.315. The van der Waals surface area contributed by atoms with Gasteiger partial charge in [0.05, 0.1) is 11.1 Å². The van der Waals surface area contributed by atoms with Crippen molar-refractivity contribution in [1.82, 2.24) is 14.5 Å². The summed E-state index contributed by atoms with van der Waals surface area (Å²) in [6, 6.07) is 19.3. The lowest BCUT2D eigenvalue weighted by Crippen LogP contribution is -2.28. The average Bonchev–Trinajstić information content (AvgIpc) is 3.39. The van der Waals surface area contributed by atoms with E-state index < -0.39 is 5.25 Å². The predicted octanol–water partition coefficient (Wildman–Crippen LogP) is 4.86. The van der Waals surface area contributed by atoms with Crippen LogP contribution in [0.1, 0.15) is 27.7 Å². The molecule has 1 atom stereocenters. The van der Waals surface area contributed by atoms with E-state index in [4.69, 9.17) is 4.98 Å². The van der Waals surface area contributed by atoms with Crippen molar-refractivity contribution >= 4 is 39.2 Å². The number of aryl methyl sites for hydroxylation is 2. The molecule has 1 aliphatic rings. The highest BCUT2D eigenvalue weighted by Crippen LogP contribution is 2.39. The summed E-state index contributed by atoms with van der Waals surface area (Å²) < 4.78 is 1.68. The molecule has 0 fully saturated rings. The summed E-state index contributed by atoms with van der Waals surface area (Å²) in [6.45, 7) is 0. The third kappa shape index (κ3) is 3.65. The van der Waals surface area contributed by atoms with Crippen molar-refractivity contribution in [3.8, 4) is 5.69 Å². The number of hydrogen-bond acceptors (Lipinski definition) is 5. The molecule has 1 aliphatic carbocycles. The van der Waals surface area contributed by atoms with Crippen molar-refractivity contribution in [2.45, 2.75) is 29.7 Å². The van der Waals surface area contributed by atoms with Crippen LogP contribution in [-0.2, 0) is 17.6 Å². The van der Waals surface area contributed by atoms with Gasteiger partial charge in [-0.15, -0.1) is 11.3 Å². The van der Waals surface area contributed by atoms with E-state index in [0.29, 0.717) is 5.16 Å². The van der Waals surface area contributed by atoms with Gasteiger partial charge in [-0.05, 0) is 42.5 Å². The van der Waals surface area contributed by atoms with Crippen molar-refractivity contribution in [2.24, 2.45) is 0 Å². The summed E-state index contributed by atoms with van der Waals surface area (Å²) >= 11 is 2.96. The second-order valence-electron chi connectivity index (χ2n) is 8.05. The summed E-state index contributed by atoms with van der Waals surface area (Å²) in [6.07, 6.45) is 3.03. The Kier molecular flexibility index (Phi) is 5.61. The minimum atomic E-state index is -0.502. The minimum Gasteiger partial charge on any atom is -0.348 e. The molecular weight excluding hydrogens is 438 g/mol. The largest absolute Gasteiger partial charge is 0.348 e. The molecule has 162 valence electrons. The number of benzene rings is 2. The molecule has 5 rings (SSSR count). The first-order valence-corrected chi connectivity index (χ1v) is 12.3. The molecule has 0 N–H and O–H groups in total. The van der Waals surface area contributed by atoms with Crippen LogP contribution in [0, 0.1) is 0 Å². The average molecular weight is 462 g/mol. The number of thiophene rings is 1. The van der Waals surface area contributed by atoms with Crippen molar-refractivity contribution < 1.29 is 4.79 Å². The molecule has 32 heavy (non-hydrogen) atoms. The van der Waals surface area contributed by atoms with Gasteiger partial charge in [0.25, 0.3) is 5.56 Å². The molecule has 2 heterocycles. The Hall–Kier alpha value is -2.90. The van der Waals surface area contributed by atoms with E-state index in [1.165, 1.54) is 16.6 Å². The Morgan fingerprint density at radius 2 is 1.75 bits per heavy atom. The highest BCUT2D eigenvalue weighted by atomic mass is 32.2. The Bertz CT molecular complexity index is 1340. The van der Waals surface area contributed by atoms with Crippen LogP contribution < -0.4 is 5.56 Å².